The fourth-order valence-electron chi connectivity index (χ4n) is 7.29. The monoisotopic (exact) mass is 859 g/mol. The Morgan fingerprint density at radius 1 is 0.883 bits per heavy atom. The summed E-state index contributed by atoms with van der Waals surface area (Å²) in [4.78, 5) is 30.2. The predicted octanol–water partition coefficient (Wildman–Crippen LogP) is 8.84. The molecule has 0 radical (unpaired) electrons. The molecule has 16 heteroatoms. The first kappa shape index (κ1) is 40.8. The molecule has 306 valence electrons. The summed E-state index contributed by atoms with van der Waals surface area (Å²) in [5.41, 5.74) is 5.01. The number of halogens is 1. The molecule has 1 fully saturated rings. The first-order chi connectivity index (χ1) is 29.2. The molecule has 8 rings (SSSR count). The van der Waals surface area contributed by atoms with Gasteiger partial charge in [-0.2, -0.15) is 0 Å². The maximum Gasteiger partial charge on any atom is 0.293 e. The van der Waals surface area contributed by atoms with Crippen molar-refractivity contribution >= 4 is 67.2 Å². The quantitative estimate of drug-likeness (QED) is 0.0545. The normalized spacial score (nSPS) is 13.9. The molecule has 0 amide bonds. The van der Waals surface area contributed by atoms with Crippen LogP contribution in [0.25, 0.3) is 22.0 Å². The molecule has 3 heterocycles. The molecule has 0 spiro atoms. The van der Waals surface area contributed by atoms with Gasteiger partial charge >= 0.3 is 0 Å². The van der Waals surface area contributed by atoms with Crippen molar-refractivity contribution < 1.29 is 13.3 Å². The molecule has 1 unspecified atom stereocenters. The lowest BCUT2D eigenvalue weighted by Gasteiger charge is -2.36. The van der Waals surface area contributed by atoms with Crippen molar-refractivity contribution in [2.45, 2.75) is 35.3 Å². The SMILES string of the molecule is O=[N+]([O-])c1cc(S(=O)(=O)Nc2ncnc3cc(N4CCN(Cc5ccccc5-c5ccc(Cl)cc5)CC4)ccc23)ccc1NC(CCn1ccnc1)CSc1ccccc1. The average Bonchev–Trinajstić information content (AvgIpc) is 3.79. The van der Waals surface area contributed by atoms with E-state index in [9.17, 15) is 18.5 Å². The van der Waals surface area contributed by atoms with Gasteiger partial charge in [-0.15, -0.1) is 11.8 Å². The van der Waals surface area contributed by atoms with Crippen LogP contribution in [0.4, 0.5) is 22.9 Å². The third-order valence-corrected chi connectivity index (χ3v) is 13.2. The van der Waals surface area contributed by atoms with Gasteiger partial charge in [0, 0.05) is 90.5 Å². The number of sulfonamides is 1. The minimum atomic E-state index is -4.29. The van der Waals surface area contributed by atoms with E-state index in [1.165, 1.54) is 29.6 Å². The smallest absolute Gasteiger partial charge is 0.293 e. The second-order valence-corrected chi connectivity index (χ2v) is 17.7. The van der Waals surface area contributed by atoms with E-state index in [1.54, 1.807) is 24.3 Å². The van der Waals surface area contributed by atoms with Crippen LogP contribution in [0.15, 0.2) is 150 Å². The molecule has 13 nitrogen and oxygen atoms in total. The molecule has 1 aliphatic rings. The number of rotatable bonds is 16. The fourth-order valence-corrected chi connectivity index (χ4v) is 9.46. The van der Waals surface area contributed by atoms with E-state index in [4.69, 9.17) is 11.6 Å². The zero-order valence-electron chi connectivity index (χ0n) is 32.5. The van der Waals surface area contributed by atoms with Crippen LogP contribution in [-0.4, -0.2) is 75.7 Å². The highest BCUT2D eigenvalue weighted by molar-refractivity contribution is 7.99. The number of aromatic nitrogens is 4. The highest BCUT2D eigenvalue weighted by Crippen LogP contribution is 2.33. The number of thioether (sulfide) groups is 1. The molecule has 1 aliphatic heterocycles. The van der Waals surface area contributed by atoms with E-state index in [-0.39, 0.29) is 28.1 Å². The van der Waals surface area contributed by atoms with Crippen molar-refractivity contribution in [1.29, 1.82) is 0 Å². The van der Waals surface area contributed by atoms with Gasteiger partial charge in [0.15, 0.2) is 5.82 Å². The Kier molecular flexibility index (Phi) is 12.6. The minimum absolute atomic E-state index is 0.0816. The van der Waals surface area contributed by atoms with Gasteiger partial charge in [0.25, 0.3) is 15.7 Å². The van der Waals surface area contributed by atoms with Crippen LogP contribution in [-0.2, 0) is 23.1 Å². The Balaban J connectivity index is 0.940. The van der Waals surface area contributed by atoms with Crippen LogP contribution in [0.5, 0.6) is 0 Å². The summed E-state index contributed by atoms with van der Waals surface area (Å²) in [6.45, 7) is 4.80. The number of nitro groups is 1. The molecule has 7 aromatic rings. The number of hydrogen-bond donors (Lipinski definition) is 2. The van der Waals surface area contributed by atoms with E-state index in [0.717, 1.165) is 54.9 Å². The van der Waals surface area contributed by atoms with Crippen molar-refractivity contribution in [3.05, 3.63) is 161 Å². The van der Waals surface area contributed by atoms with Gasteiger partial charge in [-0.1, -0.05) is 66.2 Å². The second-order valence-electron chi connectivity index (χ2n) is 14.4. The molecule has 5 aromatic carbocycles. The van der Waals surface area contributed by atoms with Crippen molar-refractivity contribution in [2.24, 2.45) is 0 Å². The molecule has 0 bridgehead atoms. The van der Waals surface area contributed by atoms with Gasteiger partial charge in [0.2, 0.25) is 0 Å². The number of benzene rings is 5. The summed E-state index contributed by atoms with van der Waals surface area (Å²) in [6.07, 6.45) is 7.26. The number of nitro benzene ring substituents is 1. The highest BCUT2D eigenvalue weighted by atomic mass is 35.5. The van der Waals surface area contributed by atoms with Crippen LogP contribution in [0, 0.1) is 10.1 Å². The Hall–Kier alpha value is -6.00. The largest absolute Gasteiger partial charge is 0.376 e. The van der Waals surface area contributed by atoms with Crippen molar-refractivity contribution in [1.82, 2.24) is 24.4 Å². The van der Waals surface area contributed by atoms with E-state index >= 15 is 0 Å². The summed E-state index contributed by atoms with van der Waals surface area (Å²) in [5.74, 6) is 0.704. The number of anilines is 3. The van der Waals surface area contributed by atoms with Crippen molar-refractivity contribution in [3.63, 3.8) is 0 Å². The number of fused-ring (bicyclic) bond motifs is 1. The topological polar surface area (TPSA) is 151 Å². The van der Waals surface area contributed by atoms with Gasteiger partial charge < -0.3 is 14.8 Å². The Morgan fingerprint density at radius 3 is 2.43 bits per heavy atom. The summed E-state index contributed by atoms with van der Waals surface area (Å²) < 4.78 is 32.1. The Morgan fingerprint density at radius 2 is 1.67 bits per heavy atom. The minimum Gasteiger partial charge on any atom is -0.376 e. The van der Waals surface area contributed by atoms with Crippen LogP contribution < -0.4 is 14.9 Å². The van der Waals surface area contributed by atoms with Crippen LogP contribution in [0.2, 0.25) is 5.02 Å². The number of nitrogens with zero attached hydrogens (tertiary/aromatic N) is 7. The molecule has 60 heavy (non-hydrogen) atoms. The maximum atomic E-state index is 13.8. The van der Waals surface area contributed by atoms with Gasteiger partial charge in [-0.25, -0.2) is 23.4 Å². The maximum absolute atomic E-state index is 13.8. The van der Waals surface area contributed by atoms with E-state index < -0.39 is 14.9 Å². The predicted molar refractivity (Wildman–Crippen MR) is 239 cm³/mol. The van der Waals surface area contributed by atoms with Crippen LogP contribution >= 0.6 is 23.4 Å². The second kappa shape index (κ2) is 18.5. The lowest BCUT2D eigenvalue weighted by molar-refractivity contribution is -0.384. The number of aryl methyl sites for hydroxylation is 1. The number of hydrogen-bond acceptors (Lipinski definition) is 11. The number of piperazine rings is 1. The lowest BCUT2D eigenvalue weighted by atomic mass is 9.99. The van der Waals surface area contributed by atoms with Gasteiger partial charge in [0.05, 0.1) is 21.7 Å². The summed E-state index contributed by atoms with van der Waals surface area (Å²) in [7, 11) is -4.29. The third kappa shape index (κ3) is 9.88. The molecule has 0 saturated carbocycles. The molecule has 1 saturated heterocycles. The Labute approximate surface area is 357 Å². The van der Waals surface area contributed by atoms with Crippen LogP contribution in [0.1, 0.15) is 12.0 Å². The molecular formula is C44H42ClN9O4S2. The summed E-state index contributed by atoms with van der Waals surface area (Å²) in [6, 6.07) is 35.7. The Bertz CT molecular complexity index is 2680. The van der Waals surface area contributed by atoms with Crippen LogP contribution in [0.3, 0.4) is 0 Å². The van der Waals surface area contributed by atoms with Crippen molar-refractivity contribution in [2.75, 3.05) is 46.9 Å². The summed E-state index contributed by atoms with van der Waals surface area (Å²) in [5, 5.41) is 16.9. The average molecular weight is 860 g/mol. The molecule has 1 atom stereocenters. The first-order valence-corrected chi connectivity index (χ1v) is 22.3. The molecule has 0 aliphatic carbocycles. The third-order valence-electron chi connectivity index (χ3n) is 10.5. The van der Waals surface area contributed by atoms with Gasteiger partial charge in [0.1, 0.15) is 12.0 Å². The lowest BCUT2D eigenvalue weighted by Crippen LogP contribution is -2.46. The van der Waals surface area contributed by atoms with E-state index in [2.05, 4.69) is 71.2 Å². The number of nitrogens with one attached hydrogen (secondary N) is 2. The zero-order valence-corrected chi connectivity index (χ0v) is 34.9. The highest BCUT2D eigenvalue weighted by Gasteiger charge is 2.25. The summed E-state index contributed by atoms with van der Waals surface area (Å²) >= 11 is 7.78. The zero-order chi connectivity index (χ0) is 41.5. The van der Waals surface area contributed by atoms with E-state index in [0.29, 0.717) is 34.6 Å². The fraction of sp³-hybridized carbons (Fsp3) is 0.205. The molecule has 2 N–H and O–H groups in total. The first-order valence-electron chi connectivity index (χ1n) is 19.5. The molecule has 2 aromatic heterocycles. The standard InChI is InChI=1S/C44H42ClN9O4S2/c45-34-12-10-32(11-13-34)39-9-5-4-6-33(39)28-51-22-24-53(25-23-51)36-14-16-40-42(26-36)47-30-48-44(40)50-60(57,58)38-15-17-41(43(27-38)54(55)56)49-35(18-20-52-21-19-46-31-52)29-59-37-7-2-1-3-8-37/h1-17,19,21,26-27,30-31,35,49H,18,20,22-25,28-29H2,(H,47,48,50). The van der Waals surface area contributed by atoms with E-state index in [1.807, 2.05) is 71.4 Å². The molecular weight excluding hydrogens is 818 g/mol. The van der Waals surface area contributed by atoms with Gasteiger partial charge in [-0.05, 0) is 77.7 Å². The van der Waals surface area contributed by atoms with Gasteiger partial charge in [-0.3, -0.25) is 19.7 Å². The van der Waals surface area contributed by atoms with Crippen molar-refractivity contribution in [3.8, 4) is 11.1 Å². The number of imidazole rings is 1.